The van der Waals surface area contributed by atoms with Crippen molar-refractivity contribution < 1.29 is 9.53 Å². The number of carbonyl (C=O) groups is 1. The minimum absolute atomic E-state index is 0.206. The van der Waals surface area contributed by atoms with Crippen LogP contribution < -0.4 is 11.1 Å². The second-order valence-electron chi connectivity index (χ2n) is 7.11. The Balaban J connectivity index is 2.00. The van der Waals surface area contributed by atoms with Gasteiger partial charge in [-0.3, -0.25) is 0 Å². The minimum atomic E-state index is -0.302. The van der Waals surface area contributed by atoms with Gasteiger partial charge in [-0.25, -0.2) is 4.79 Å². The summed E-state index contributed by atoms with van der Waals surface area (Å²) in [6, 6.07) is 3.59. The third-order valence-corrected chi connectivity index (χ3v) is 6.28. The Morgan fingerprint density at radius 1 is 1.31 bits per heavy atom. The van der Waals surface area contributed by atoms with Gasteiger partial charge in [-0.15, -0.1) is 11.6 Å². The van der Waals surface area contributed by atoms with Crippen LogP contribution in [0.4, 0.5) is 5.69 Å². The van der Waals surface area contributed by atoms with Crippen molar-refractivity contribution in [2.24, 2.45) is 0 Å². The molecule has 0 unspecified atom stereocenters. The molecule has 1 aliphatic carbocycles. The van der Waals surface area contributed by atoms with E-state index >= 15 is 0 Å². The third kappa shape index (κ3) is 5.86. The molecule has 0 radical (unpaired) electrons. The highest BCUT2D eigenvalue weighted by Crippen LogP contribution is 2.33. The number of anilines is 1. The molecule has 0 aromatic heterocycles. The Bertz CT molecular complexity index is 604. The molecule has 146 valence electrons. The summed E-state index contributed by atoms with van der Waals surface area (Å²) in [5.74, 6) is 0.345. The smallest absolute Gasteiger partial charge is 0.338 e. The van der Waals surface area contributed by atoms with Crippen LogP contribution in [-0.4, -0.2) is 24.0 Å². The van der Waals surface area contributed by atoms with Gasteiger partial charge in [-0.05, 0) is 72.2 Å². The molecule has 0 aliphatic heterocycles. The van der Waals surface area contributed by atoms with E-state index in [0.29, 0.717) is 30.3 Å². The van der Waals surface area contributed by atoms with E-state index in [1.807, 2.05) is 6.07 Å². The lowest BCUT2D eigenvalue weighted by atomic mass is 9.93. The van der Waals surface area contributed by atoms with E-state index in [1.165, 1.54) is 25.7 Å². The second kappa shape index (κ2) is 10.5. The summed E-state index contributed by atoms with van der Waals surface area (Å²) in [4.78, 5) is 12.3. The van der Waals surface area contributed by atoms with Crippen LogP contribution >= 0.6 is 27.5 Å². The lowest BCUT2D eigenvalue weighted by molar-refractivity contribution is 0.0498. The van der Waals surface area contributed by atoms with Crippen molar-refractivity contribution in [3.05, 3.63) is 27.7 Å². The fraction of sp³-hybridized carbons (Fsp3) is 0.650. The molecule has 1 aliphatic rings. The first-order valence-electron chi connectivity index (χ1n) is 9.57. The van der Waals surface area contributed by atoms with Gasteiger partial charge in [0.15, 0.2) is 0 Å². The number of benzene rings is 1. The van der Waals surface area contributed by atoms with Crippen molar-refractivity contribution in [2.75, 3.05) is 18.2 Å². The number of hydrogen-bond donors (Lipinski definition) is 2. The molecule has 0 atom stereocenters. The first-order chi connectivity index (χ1) is 12.5. The first kappa shape index (κ1) is 21.5. The fourth-order valence-corrected chi connectivity index (χ4v) is 4.24. The number of rotatable bonds is 10. The fourth-order valence-electron chi connectivity index (χ4n) is 3.55. The van der Waals surface area contributed by atoms with Gasteiger partial charge in [0, 0.05) is 22.4 Å². The van der Waals surface area contributed by atoms with Crippen LogP contribution in [0.25, 0.3) is 0 Å². The van der Waals surface area contributed by atoms with E-state index in [4.69, 9.17) is 22.1 Å². The molecule has 0 heterocycles. The summed E-state index contributed by atoms with van der Waals surface area (Å²) in [6.07, 6.45) is 8.81. The van der Waals surface area contributed by atoms with Crippen LogP contribution in [0.2, 0.25) is 0 Å². The minimum Gasteiger partial charge on any atom is -0.462 e. The predicted octanol–water partition coefficient (Wildman–Crippen LogP) is 5.41. The van der Waals surface area contributed by atoms with Crippen LogP contribution in [0.3, 0.4) is 0 Å². The SMILES string of the molecule is CCC1(NCc2cc(C(=O)OCCCCCCl)cc(Br)c2N)CCCC1. The van der Waals surface area contributed by atoms with Gasteiger partial charge in [0.2, 0.25) is 0 Å². The Morgan fingerprint density at radius 2 is 2.04 bits per heavy atom. The second-order valence-corrected chi connectivity index (χ2v) is 8.34. The summed E-state index contributed by atoms with van der Waals surface area (Å²) in [5.41, 5.74) is 8.59. The number of nitrogens with one attached hydrogen (secondary N) is 1. The number of nitrogen functional groups attached to an aromatic ring is 1. The average Bonchev–Trinajstić information content (AvgIpc) is 3.12. The quantitative estimate of drug-likeness (QED) is 0.219. The average molecular weight is 446 g/mol. The molecule has 0 amide bonds. The van der Waals surface area contributed by atoms with E-state index < -0.39 is 0 Å². The van der Waals surface area contributed by atoms with Gasteiger partial charge in [0.1, 0.15) is 0 Å². The standard InChI is InChI=1S/C20H30BrClN2O2/c1-2-20(8-4-5-9-20)24-14-16-12-15(13-17(21)18(16)23)19(25)26-11-7-3-6-10-22/h12-13,24H,2-11,14,23H2,1H3. The number of hydrogen-bond acceptors (Lipinski definition) is 4. The maximum Gasteiger partial charge on any atom is 0.338 e. The highest BCUT2D eigenvalue weighted by Gasteiger charge is 2.31. The number of carbonyl (C=O) groups excluding carboxylic acids is 1. The number of alkyl halides is 1. The van der Waals surface area contributed by atoms with Gasteiger partial charge in [0.25, 0.3) is 0 Å². The number of esters is 1. The Kier molecular flexibility index (Phi) is 8.71. The lowest BCUT2D eigenvalue weighted by Gasteiger charge is -2.29. The molecule has 1 fully saturated rings. The molecule has 6 heteroatoms. The zero-order chi connectivity index (χ0) is 19.0. The largest absolute Gasteiger partial charge is 0.462 e. The molecule has 0 saturated heterocycles. The van der Waals surface area contributed by atoms with Crippen LogP contribution in [0, 0.1) is 0 Å². The molecule has 1 aromatic carbocycles. The van der Waals surface area contributed by atoms with Crippen molar-refractivity contribution in [2.45, 2.75) is 70.4 Å². The highest BCUT2D eigenvalue weighted by atomic mass is 79.9. The number of nitrogens with two attached hydrogens (primary N) is 1. The normalized spacial score (nSPS) is 16.0. The maximum atomic E-state index is 12.3. The summed E-state index contributed by atoms with van der Waals surface area (Å²) in [5, 5.41) is 3.70. The molecular formula is C20H30BrClN2O2. The molecular weight excluding hydrogens is 416 g/mol. The monoisotopic (exact) mass is 444 g/mol. The summed E-state index contributed by atoms with van der Waals surface area (Å²) < 4.78 is 6.12. The Labute approximate surface area is 170 Å². The molecule has 1 saturated carbocycles. The maximum absolute atomic E-state index is 12.3. The van der Waals surface area contributed by atoms with Crippen molar-refractivity contribution >= 4 is 39.2 Å². The van der Waals surface area contributed by atoms with Gasteiger partial charge < -0.3 is 15.8 Å². The van der Waals surface area contributed by atoms with Crippen molar-refractivity contribution in [1.82, 2.24) is 5.32 Å². The highest BCUT2D eigenvalue weighted by molar-refractivity contribution is 9.10. The molecule has 4 nitrogen and oxygen atoms in total. The van der Waals surface area contributed by atoms with Crippen LogP contribution in [0.15, 0.2) is 16.6 Å². The number of ether oxygens (including phenoxy) is 1. The van der Waals surface area contributed by atoms with Gasteiger partial charge in [-0.2, -0.15) is 0 Å². The molecule has 1 aromatic rings. The number of unbranched alkanes of at least 4 members (excludes halogenated alkanes) is 2. The van der Waals surface area contributed by atoms with Crippen molar-refractivity contribution in [3.63, 3.8) is 0 Å². The lowest BCUT2D eigenvalue weighted by Crippen LogP contribution is -2.41. The predicted molar refractivity (Wildman–Crippen MR) is 112 cm³/mol. The molecule has 0 bridgehead atoms. The van der Waals surface area contributed by atoms with Crippen LogP contribution in [-0.2, 0) is 11.3 Å². The summed E-state index contributed by atoms with van der Waals surface area (Å²) in [6.45, 7) is 3.31. The van der Waals surface area contributed by atoms with Gasteiger partial charge >= 0.3 is 5.97 Å². The molecule has 26 heavy (non-hydrogen) atoms. The summed E-state index contributed by atoms with van der Waals surface area (Å²) >= 11 is 9.13. The number of halogens is 2. The Hall–Kier alpha value is -0.780. The van der Waals surface area contributed by atoms with Gasteiger partial charge in [-0.1, -0.05) is 19.8 Å². The van der Waals surface area contributed by atoms with Crippen molar-refractivity contribution in [3.8, 4) is 0 Å². The zero-order valence-corrected chi connectivity index (χ0v) is 17.9. The first-order valence-corrected chi connectivity index (χ1v) is 10.9. The topological polar surface area (TPSA) is 64.3 Å². The molecule has 3 N–H and O–H groups in total. The van der Waals surface area contributed by atoms with E-state index in [1.54, 1.807) is 6.07 Å². The summed E-state index contributed by atoms with van der Waals surface area (Å²) in [7, 11) is 0. The van der Waals surface area contributed by atoms with Crippen molar-refractivity contribution in [1.29, 1.82) is 0 Å². The van der Waals surface area contributed by atoms with E-state index in [9.17, 15) is 4.79 Å². The van der Waals surface area contributed by atoms with E-state index in [0.717, 1.165) is 35.7 Å². The van der Waals surface area contributed by atoms with Crippen LogP contribution in [0.5, 0.6) is 0 Å². The van der Waals surface area contributed by atoms with E-state index in [-0.39, 0.29) is 11.5 Å². The Morgan fingerprint density at radius 3 is 2.69 bits per heavy atom. The third-order valence-electron chi connectivity index (χ3n) is 5.35. The molecule has 0 spiro atoms. The van der Waals surface area contributed by atoms with E-state index in [2.05, 4.69) is 28.2 Å². The zero-order valence-electron chi connectivity index (χ0n) is 15.6. The van der Waals surface area contributed by atoms with Crippen LogP contribution in [0.1, 0.15) is 74.2 Å². The molecule has 2 rings (SSSR count). The van der Waals surface area contributed by atoms with Gasteiger partial charge in [0.05, 0.1) is 17.9 Å².